The van der Waals surface area contributed by atoms with Gasteiger partial charge in [-0.05, 0) is 6.08 Å². The second-order valence-corrected chi connectivity index (χ2v) is 1.95. The summed E-state index contributed by atoms with van der Waals surface area (Å²) in [6, 6.07) is 0. The first-order valence-corrected chi connectivity index (χ1v) is 2.78. The van der Waals surface area contributed by atoms with Crippen molar-refractivity contribution in [1.29, 1.82) is 0 Å². The fourth-order valence-electron chi connectivity index (χ4n) is 0.609. The standard InChI is InChI=1S/C5H6F3N2O/c1-10-3-2-4(9-10)11-5(6,7)8/h2-3,9H,1H3. The lowest BCUT2D eigenvalue weighted by atomic mass is 10.6. The molecule has 1 N–H and O–H groups in total. The Morgan fingerprint density at radius 1 is 1.55 bits per heavy atom. The first-order chi connectivity index (χ1) is 4.97. The third-order valence-corrected chi connectivity index (χ3v) is 0.962. The third-order valence-electron chi connectivity index (χ3n) is 0.962. The van der Waals surface area contributed by atoms with Crippen LogP contribution < -0.4 is 5.43 Å². The van der Waals surface area contributed by atoms with Gasteiger partial charge < -0.3 is 4.74 Å². The van der Waals surface area contributed by atoms with Crippen LogP contribution in [0.15, 0.2) is 12.0 Å². The Kier molecular flexibility index (Phi) is 1.95. The highest BCUT2D eigenvalue weighted by Crippen LogP contribution is 2.21. The predicted octanol–water partition coefficient (Wildman–Crippen LogP) is 0.976. The van der Waals surface area contributed by atoms with E-state index in [1.807, 2.05) is 0 Å². The number of hydrazine groups is 1. The summed E-state index contributed by atoms with van der Waals surface area (Å²) in [5.41, 5.74) is 2.31. The number of likely N-dealkylation sites (N-methyl/N-ethyl adjacent to an activating group) is 1. The van der Waals surface area contributed by atoms with Crippen LogP contribution in [0.5, 0.6) is 0 Å². The zero-order valence-electron chi connectivity index (χ0n) is 5.64. The van der Waals surface area contributed by atoms with Gasteiger partial charge in [-0.25, -0.2) is 5.01 Å². The Morgan fingerprint density at radius 2 is 2.18 bits per heavy atom. The molecule has 63 valence electrons. The lowest BCUT2D eigenvalue weighted by molar-refractivity contribution is -0.308. The number of halogens is 3. The summed E-state index contributed by atoms with van der Waals surface area (Å²) in [5.74, 6) is -0.319. The molecule has 1 aliphatic heterocycles. The van der Waals surface area contributed by atoms with E-state index < -0.39 is 6.36 Å². The van der Waals surface area contributed by atoms with Crippen LogP contribution >= 0.6 is 0 Å². The third kappa shape index (κ3) is 2.67. The summed E-state index contributed by atoms with van der Waals surface area (Å²) in [6.07, 6.45) is -3.44. The second-order valence-electron chi connectivity index (χ2n) is 1.95. The minimum absolute atomic E-state index is 0.319. The zero-order valence-corrected chi connectivity index (χ0v) is 5.64. The summed E-state index contributed by atoms with van der Waals surface area (Å²) in [6.45, 7) is 1.42. The highest BCUT2D eigenvalue weighted by molar-refractivity contribution is 5.05. The molecule has 0 amide bonds. The fourth-order valence-corrected chi connectivity index (χ4v) is 0.609. The molecular formula is C5H6F3N2O. The van der Waals surface area contributed by atoms with E-state index in [0.29, 0.717) is 0 Å². The summed E-state index contributed by atoms with van der Waals surface area (Å²) in [5, 5.41) is 1.35. The van der Waals surface area contributed by atoms with Crippen LogP contribution in [0.3, 0.4) is 0 Å². The van der Waals surface area contributed by atoms with Gasteiger partial charge in [-0.2, -0.15) is 0 Å². The number of hydrogen-bond donors (Lipinski definition) is 1. The van der Waals surface area contributed by atoms with Crippen molar-refractivity contribution in [2.75, 3.05) is 7.05 Å². The first kappa shape index (κ1) is 8.19. The molecule has 6 heteroatoms. The van der Waals surface area contributed by atoms with E-state index in [1.54, 1.807) is 7.05 Å². The van der Waals surface area contributed by atoms with Gasteiger partial charge in [0.2, 0.25) is 5.88 Å². The zero-order chi connectivity index (χ0) is 8.48. The van der Waals surface area contributed by atoms with Gasteiger partial charge in [-0.15, -0.1) is 13.2 Å². The van der Waals surface area contributed by atoms with Gasteiger partial charge in [0, 0.05) is 7.05 Å². The quantitative estimate of drug-likeness (QED) is 0.629. The molecule has 0 aromatic carbocycles. The van der Waals surface area contributed by atoms with Crippen molar-refractivity contribution in [3.63, 3.8) is 0 Å². The van der Waals surface area contributed by atoms with Crippen LogP contribution in [0.4, 0.5) is 13.2 Å². The molecule has 0 aromatic heterocycles. The largest absolute Gasteiger partial charge is 0.574 e. The predicted molar refractivity (Wildman–Crippen MR) is 30.4 cm³/mol. The minimum atomic E-state index is -4.63. The molecule has 0 bridgehead atoms. The smallest absolute Gasteiger partial charge is 0.389 e. The maximum Gasteiger partial charge on any atom is 0.574 e. The maximum absolute atomic E-state index is 11.5. The average molecular weight is 167 g/mol. The number of alkyl halides is 3. The average Bonchev–Trinajstić information content (AvgIpc) is 2.10. The Morgan fingerprint density at radius 3 is 2.55 bits per heavy atom. The van der Waals surface area contributed by atoms with Crippen molar-refractivity contribution in [3.8, 4) is 0 Å². The Bertz CT molecular complexity index is 177. The highest BCUT2D eigenvalue weighted by atomic mass is 19.4. The lowest BCUT2D eigenvalue weighted by Gasteiger charge is -2.13. The molecule has 1 heterocycles. The molecular weight excluding hydrogens is 161 g/mol. The molecule has 0 fully saturated rings. The van der Waals surface area contributed by atoms with Crippen molar-refractivity contribution in [2.24, 2.45) is 0 Å². The first-order valence-electron chi connectivity index (χ1n) is 2.78. The monoisotopic (exact) mass is 167 g/mol. The van der Waals surface area contributed by atoms with Gasteiger partial charge in [0.15, 0.2) is 0 Å². The number of hydrogen-bond acceptors (Lipinski definition) is 3. The summed E-state index contributed by atoms with van der Waals surface area (Å²) >= 11 is 0. The normalized spacial score (nSPS) is 19.5. The van der Waals surface area contributed by atoms with Gasteiger partial charge in [-0.3, -0.25) is 5.43 Å². The van der Waals surface area contributed by atoms with Crippen LogP contribution in [-0.4, -0.2) is 18.4 Å². The number of ether oxygens (including phenoxy) is 1. The SMILES string of the molecule is CN1[CH]C=C(OC(F)(F)F)N1. The molecule has 0 aromatic rings. The van der Waals surface area contributed by atoms with Gasteiger partial charge in [0.1, 0.15) is 0 Å². The minimum Gasteiger partial charge on any atom is -0.389 e. The summed E-state index contributed by atoms with van der Waals surface area (Å²) in [7, 11) is 1.56. The molecule has 3 nitrogen and oxygen atoms in total. The van der Waals surface area contributed by atoms with Crippen molar-refractivity contribution in [1.82, 2.24) is 10.4 Å². The van der Waals surface area contributed by atoms with Crippen LogP contribution in [0.2, 0.25) is 0 Å². The van der Waals surface area contributed by atoms with Crippen molar-refractivity contribution in [3.05, 3.63) is 18.5 Å². The topological polar surface area (TPSA) is 24.5 Å². The van der Waals surface area contributed by atoms with Crippen LogP contribution in [0, 0.1) is 6.54 Å². The van der Waals surface area contributed by atoms with Crippen molar-refractivity contribution in [2.45, 2.75) is 6.36 Å². The Balaban J connectivity index is 2.40. The second kappa shape index (κ2) is 2.61. The molecule has 1 aliphatic rings. The molecule has 0 aliphatic carbocycles. The van der Waals surface area contributed by atoms with Gasteiger partial charge in [-0.1, -0.05) is 0 Å². The fraction of sp³-hybridized carbons (Fsp3) is 0.400. The molecule has 0 unspecified atom stereocenters. The number of nitrogens with zero attached hydrogens (tertiary/aromatic N) is 1. The van der Waals surface area contributed by atoms with E-state index in [1.165, 1.54) is 17.6 Å². The molecule has 0 atom stereocenters. The van der Waals surface area contributed by atoms with E-state index in [4.69, 9.17) is 0 Å². The summed E-state index contributed by atoms with van der Waals surface area (Å²) < 4.78 is 38.0. The molecule has 0 saturated carbocycles. The Hall–Kier alpha value is -0.910. The van der Waals surface area contributed by atoms with E-state index in [9.17, 15) is 13.2 Å². The molecule has 1 rings (SSSR count). The van der Waals surface area contributed by atoms with Crippen LogP contribution in [0.25, 0.3) is 0 Å². The summed E-state index contributed by atoms with van der Waals surface area (Å²) in [4.78, 5) is 0. The number of nitrogens with one attached hydrogen (secondary N) is 1. The molecule has 1 radical (unpaired) electrons. The molecule has 0 saturated heterocycles. The highest BCUT2D eigenvalue weighted by Gasteiger charge is 2.33. The van der Waals surface area contributed by atoms with Gasteiger partial charge in [0.05, 0.1) is 6.54 Å². The van der Waals surface area contributed by atoms with Crippen molar-refractivity contribution < 1.29 is 17.9 Å². The van der Waals surface area contributed by atoms with E-state index in [0.717, 1.165) is 0 Å². The van der Waals surface area contributed by atoms with Crippen LogP contribution in [0.1, 0.15) is 0 Å². The van der Waals surface area contributed by atoms with E-state index in [2.05, 4.69) is 10.2 Å². The van der Waals surface area contributed by atoms with Crippen LogP contribution in [-0.2, 0) is 4.74 Å². The molecule has 11 heavy (non-hydrogen) atoms. The van der Waals surface area contributed by atoms with Gasteiger partial charge >= 0.3 is 6.36 Å². The van der Waals surface area contributed by atoms with E-state index in [-0.39, 0.29) is 5.88 Å². The van der Waals surface area contributed by atoms with E-state index >= 15 is 0 Å². The lowest BCUT2D eigenvalue weighted by Crippen LogP contribution is -2.28. The molecule has 0 spiro atoms. The van der Waals surface area contributed by atoms with Crippen molar-refractivity contribution >= 4 is 0 Å². The van der Waals surface area contributed by atoms with Gasteiger partial charge in [0.25, 0.3) is 0 Å². The Labute approximate surface area is 61.4 Å². The number of rotatable bonds is 1. The maximum atomic E-state index is 11.5.